The molecule has 2 aliphatic heterocycles. The molecule has 2 aliphatic rings. The van der Waals surface area contributed by atoms with Gasteiger partial charge >= 0.3 is 17.1 Å². The average Bonchev–Trinajstić information content (AvgIpc) is 3.72. The normalized spacial score (nSPS) is 12.6. The van der Waals surface area contributed by atoms with Crippen LogP contribution in [0.25, 0.3) is 78.1 Å². The molecule has 203 valence electrons. The van der Waals surface area contributed by atoms with Crippen LogP contribution in [0.4, 0.5) is 0 Å². The third-order valence-corrected chi connectivity index (χ3v) is 7.23. The monoisotopic (exact) mass is 591 g/mol. The van der Waals surface area contributed by atoms with Crippen LogP contribution in [0.15, 0.2) is 97.6 Å². The third kappa shape index (κ3) is 3.90. The van der Waals surface area contributed by atoms with E-state index in [1.807, 2.05) is 91.9 Å². The molecule has 1 radical (unpaired) electrons. The van der Waals surface area contributed by atoms with Crippen LogP contribution in [-0.4, -0.2) is 29.9 Å². The molecule has 0 saturated heterocycles. The molecule has 5 heterocycles. The van der Waals surface area contributed by atoms with Crippen LogP contribution < -0.4 is 9.97 Å². The van der Waals surface area contributed by atoms with Gasteiger partial charge in [0.2, 0.25) is 0 Å². The summed E-state index contributed by atoms with van der Waals surface area (Å²) in [6, 6.07) is 23.8. The summed E-state index contributed by atoms with van der Waals surface area (Å²) < 4.78 is 0. The quantitative estimate of drug-likeness (QED) is 0.211. The van der Waals surface area contributed by atoms with Crippen LogP contribution in [0, 0.1) is 0 Å². The molecule has 3 aromatic heterocycles. The van der Waals surface area contributed by atoms with Crippen molar-refractivity contribution in [1.29, 1.82) is 0 Å². The predicted molar refractivity (Wildman–Crippen MR) is 161 cm³/mol. The molecule has 9 heteroatoms. The first kappa shape index (κ1) is 25.7. The number of allylic oxidation sites excluding steroid dienone is 5. The molecule has 6 aromatic rings. The minimum atomic E-state index is 0. The Balaban J connectivity index is 0.00000288. The van der Waals surface area contributed by atoms with Gasteiger partial charge < -0.3 is 29.9 Å². The van der Waals surface area contributed by atoms with Crippen molar-refractivity contribution in [3.63, 3.8) is 0 Å². The molecule has 0 fully saturated rings. The number of fused-ring (bicyclic) bond motifs is 17. The van der Waals surface area contributed by atoms with Gasteiger partial charge in [0.1, 0.15) is 0 Å². The standard InChI is InChI=1S/C33H20N8.Cu/c1-3-11-19-18(4-2)26-34-27(19)36-29-22-14-7-8-15-23(22)31(38-29)40-33-25-17-10-9-16-24(25)32(41-33)39-30-21-13-6-5-12-20(21)28(35-26)37-30;/h3-17H,2H2,1H3;/q-2;+2/b11-3-;. The van der Waals surface area contributed by atoms with E-state index in [-0.39, 0.29) is 17.1 Å². The van der Waals surface area contributed by atoms with Crippen LogP contribution in [0.5, 0.6) is 0 Å². The second kappa shape index (κ2) is 9.99. The molecule has 0 aliphatic carbocycles. The van der Waals surface area contributed by atoms with Gasteiger partial charge in [-0.3, -0.25) is 0 Å². The Labute approximate surface area is 250 Å². The Hall–Kier alpha value is -5.24. The maximum Gasteiger partial charge on any atom is 2.00 e. The molecule has 0 N–H and O–H groups in total. The fourth-order valence-corrected chi connectivity index (χ4v) is 5.36. The Morgan fingerprint density at radius 1 is 0.524 bits per heavy atom. The van der Waals surface area contributed by atoms with Gasteiger partial charge in [-0.15, -0.1) is 0 Å². The number of benzene rings is 3. The van der Waals surface area contributed by atoms with Crippen LogP contribution in [0.1, 0.15) is 18.6 Å². The first-order valence-corrected chi connectivity index (χ1v) is 13.2. The molecule has 0 amide bonds. The first-order chi connectivity index (χ1) is 20.2. The Morgan fingerprint density at radius 2 is 0.905 bits per heavy atom. The molecule has 42 heavy (non-hydrogen) atoms. The van der Waals surface area contributed by atoms with Crippen LogP contribution in [-0.2, 0) is 17.1 Å². The molecular formula is C33H20CuN8. The second-order valence-corrected chi connectivity index (χ2v) is 9.65. The summed E-state index contributed by atoms with van der Waals surface area (Å²) in [7, 11) is 0. The van der Waals surface area contributed by atoms with Gasteiger partial charge in [0.05, 0.1) is 23.3 Å². The minimum absolute atomic E-state index is 0. The maximum atomic E-state index is 4.95. The number of hydrogen-bond donors (Lipinski definition) is 0. The van der Waals surface area contributed by atoms with Gasteiger partial charge in [0.25, 0.3) is 0 Å². The number of hydrogen-bond acceptors (Lipinski definition) is 6. The summed E-state index contributed by atoms with van der Waals surface area (Å²) in [4.78, 5) is 39.2. The van der Waals surface area contributed by atoms with Gasteiger partial charge in [-0.25, -0.2) is 9.97 Å². The van der Waals surface area contributed by atoms with E-state index in [0.717, 1.165) is 43.8 Å². The summed E-state index contributed by atoms with van der Waals surface area (Å²) in [6.45, 7) is 6.01. The van der Waals surface area contributed by atoms with E-state index < -0.39 is 0 Å². The molecule has 8 bridgehead atoms. The van der Waals surface area contributed by atoms with Crippen molar-refractivity contribution in [3.8, 4) is 22.8 Å². The van der Waals surface area contributed by atoms with Crippen LogP contribution in [0.3, 0.4) is 0 Å². The second-order valence-electron chi connectivity index (χ2n) is 9.65. The summed E-state index contributed by atoms with van der Waals surface area (Å²) in [6.07, 6.45) is 5.66. The fourth-order valence-electron chi connectivity index (χ4n) is 5.36. The van der Waals surface area contributed by atoms with Crippen molar-refractivity contribution in [3.05, 3.63) is 109 Å². The van der Waals surface area contributed by atoms with Crippen LogP contribution >= 0.6 is 0 Å². The SMILES string of the molecule is C=CC1=C(/C=C\C)c2nc1nc1[n-]c(nc3nc(nc4[n-]c(n2)c2ccccc42)-c2ccccc2-3)c2ccccc12.[Cu+2]. The van der Waals surface area contributed by atoms with Crippen molar-refractivity contribution >= 4 is 55.3 Å². The number of aromatic nitrogens is 8. The van der Waals surface area contributed by atoms with Gasteiger partial charge in [0.15, 0.2) is 0 Å². The molecule has 0 spiro atoms. The van der Waals surface area contributed by atoms with Gasteiger partial charge in [-0.05, 0) is 28.5 Å². The average molecular weight is 592 g/mol. The van der Waals surface area contributed by atoms with E-state index in [2.05, 4.69) is 6.58 Å². The largest absolute Gasteiger partial charge is 2.00 e. The smallest absolute Gasteiger partial charge is 0.357 e. The fraction of sp³-hybridized carbons (Fsp3) is 0.0303. The molecule has 8 nitrogen and oxygen atoms in total. The van der Waals surface area contributed by atoms with Crippen molar-refractivity contribution in [1.82, 2.24) is 39.9 Å². The number of nitrogens with zero attached hydrogens (tertiary/aromatic N) is 8. The summed E-state index contributed by atoms with van der Waals surface area (Å²) in [5.41, 5.74) is 5.46. The van der Waals surface area contributed by atoms with E-state index >= 15 is 0 Å². The zero-order valence-corrected chi connectivity index (χ0v) is 23.2. The van der Waals surface area contributed by atoms with Crippen LogP contribution in [0.2, 0.25) is 0 Å². The van der Waals surface area contributed by atoms with Crippen molar-refractivity contribution in [2.24, 2.45) is 0 Å². The maximum absolute atomic E-state index is 4.95. The van der Waals surface area contributed by atoms with Gasteiger partial charge in [0, 0.05) is 44.9 Å². The molecule has 8 rings (SSSR count). The van der Waals surface area contributed by atoms with E-state index in [1.165, 1.54) is 0 Å². The molecule has 0 unspecified atom stereocenters. The Kier molecular flexibility index (Phi) is 6.12. The van der Waals surface area contributed by atoms with E-state index in [1.54, 1.807) is 6.08 Å². The number of rotatable bonds is 2. The van der Waals surface area contributed by atoms with Crippen molar-refractivity contribution in [2.75, 3.05) is 0 Å². The third-order valence-electron chi connectivity index (χ3n) is 7.23. The zero-order valence-electron chi connectivity index (χ0n) is 22.2. The first-order valence-electron chi connectivity index (χ1n) is 13.2. The van der Waals surface area contributed by atoms with E-state index in [4.69, 9.17) is 39.9 Å². The Morgan fingerprint density at radius 3 is 1.33 bits per heavy atom. The molecule has 0 saturated carbocycles. The molecular weight excluding hydrogens is 572 g/mol. The van der Waals surface area contributed by atoms with E-state index in [9.17, 15) is 0 Å². The van der Waals surface area contributed by atoms with Crippen molar-refractivity contribution in [2.45, 2.75) is 6.92 Å². The summed E-state index contributed by atoms with van der Waals surface area (Å²) in [5, 5.41) is 3.49. The summed E-state index contributed by atoms with van der Waals surface area (Å²) in [5.74, 6) is 2.06. The van der Waals surface area contributed by atoms with Crippen molar-refractivity contribution < 1.29 is 17.1 Å². The molecule has 0 atom stereocenters. The predicted octanol–water partition coefficient (Wildman–Crippen LogP) is 6.46. The molecule has 3 aromatic carbocycles. The zero-order chi connectivity index (χ0) is 27.5. The minimum Gasteiger partial charge on any atom is -0.357 e. The van der Waals surface area contributed by atoms with Gasteiger partial charge in [-0.2, -0.15) is 0 Å². The topological polar surface area (TPSA) is 106 Å². The van der Waals surface area contributed by atoms with Gasteiger partial charge in [-0.1, -0.05) is 97.6 Å². The Bertz CT molecular complexity index is 2310. The summed E-state index contributed by atoms with van der Waals surface area (Å²) >= 11 is 0. The van der Waals surface area contributed by atoms with E-state index in [0.29, 0.717) is 45.9 Å².